The number of halogens is 2. The number of carboxylic acid groups (broad SMARTS) is 1. The van der Waals surface area contributed by atoms with Crippen LogP contribution in [0.15, 0.2) is 66.7 Å². The summed E-state index contributed by atoms with van der Waals surface area (Å²) in [7, 11) is 0. The molecule has 43 heavy (non-hydrogen) atoms. The van der Waals surface area contributed by atoms with E-state index >= 15 is 0 Å². The molecule has 12 heteroatoms. The molecule has 2 saturated heterocycles. The molecule has 0 radical (unpaired) electrons. The fraction of sp³-hybridized carbons (Fsp3) is 0.355. The van der Waals surface area contributed by atoms with Gasteiger partial charge < -0.3 is 24.0 Å². The number of fused-ring (bicyclic) bond motifs is 1. The number of piperazine rings is 1. The number of anilines is 1. The van der Waals surface area contributed by atoms with E-state index in [0.29, 0.717) is 39.3 Å². The first-order valence-corrected chi connectivity index (χ1v) is 14.0. The van der Waals surface area contributed by atoms with Crippen LogP contribution in [0.3, 0.4) is 0 Å². The van der Waals surface area contributed by atoms with Crippen molar-refractivity contribution in [3.05, 3.63) is 95.3 Å². The van der Waals surface area contributed by atoms with Crippen LogP contribution < -0.4 is 9.64 Å². The Morgan fingerprint density at radius 3 is 2.70 bits per heavy atom. The molecule has 1 aromatic carbocycles. The van der Waals surface area contributed by atoms with Gasteiger partial charge in [0, 0.05) is 44.4 Å². The monoisotopic (exact) mass is 590 g/mol. The number of hydrogen-bond donors (Lipinski definition) is 1. The number of rotatable bonds is 11. The molecule has 4 heterocycles. The summed E-state index contributed by atoms with van der Waals surface area (Å²) in [6.45, 7) is 15.5. The Bertz CT molecular complexity index is 1620. The van der Waals surface area contributed by atoms with Crippen molar-refractivity contribution in [3.63, 3.8) is 0 Å². The van der Waals surface area contributed by atoms with Crippen LogP contribution in [-0.4, -0.2) is 76.0 Å². The SMILES string of the molecule is [C-]#[N+]/C=C/C=C(/COc1ccc(F)c(N2CCN([C@@H](C)c3nc4ccc(C(=O)O)cc4n3C[C@@H]3CCO3)CC2)n1)C(=C)F. The molecule has 2 aromatic heterocycles. The van der Waals surface area contributed by atoms with Crippen molar-refractivity contribution in [2.75, 3.05) is 44.3 Å². The fourth-order valence-electron chi connectivity index (χ4n) is 5.19. The largest absolute Gasteiger partial charge is 0.478 e. The van der Waals surface area contributed by atoms with Gasteiger partial charge in [-0.3, -0.25) is 4.90 Å². The van der Waals surface area contributed by atoms with E-state index in [1.54, 1.807) is 18.2 Å². The molecule has 1 N–H and O–H groups in total. The first-order valence-electron chi connectivity index (χ1n) is 14.0. The third-order valence-electron chi connectivity index (χ3n) is 7.72. The van der Waals surface area contributed by atoms with Gasteiger partial charge in [0.15, 0.2) is 17.8 Å². The molecule has 0 unspecified atom stereocenters. The summed E-state index contributed by atoms with van der Waals surface area (Å²) in [5.41, 5.74) is 1.83. The van der Waals surface area contributed by atoms with Crippen LogP contribution in [0.5, 0.6) is 5.88 Å². The van der Waals surface area contributed by atoms with Crippen molar-refractivity contribution in [1.29, 1.82) is 0 Å². The Labute approximate surface area is 248 Å². The standard InChI is InChI=1S/C31H32F2N6O4/c1-20(32)23(5-4-11-34-3)19-43-28-9-7-25(33)30(36-28)38-14-12-37(13-15-38)21(2)29-35-26-8-6-22(31(40)41)17-27(26)39(29)18-24-10-16-42-24/h4-9,11,17,21,24H,1,10,12-16,18-19H2,2H3,(H,40,41)/b11-4+,23-5-/t21-,24-/m0/s1. The van der Waals surface area contributed by atoms with Gasteiger partial charge in [-0.05, 0) is 37.6 Å². The second-order valence-corrected chi connectivity index (χ2v) is 10.4. The molecule has 2 fully saturated rings. The lowest BCUT2D eigenvalue weighted by molar-refractivity contribution is -0.0594. The first kappa shape index (κ1) is 29.9. The lowest BCUT2D eigenvalue weighted by Gasteiger charge is -2.38. The minimum absolute atomic E-state index is 0.0574. The zero-order chi connectivity index (χ0) is 30.5. The van der Waals surface area contributed by atoms with Crippen LogP contribution in [0, 0.1) is 12.4 Å². The van der Waals surface area contributed by atoms with E-state index in [1.807, 2.05) is 4.90 Å². The Kier molecular flexibility index (Phi) is 9.13. The van der Waals surface area contributed by atoms with Gasteiger partial charge in [0.1, 0.15) is 18.3 Å². The predicted octanol–water partition coefficient (Wildman–Crippen LogP) is 5.16. The average Bonchev–Trinajstić information content (AvgIpc) is 3.34. The molecule has 0 amide bonds. The second-order valence-electron chi connectivity index (χ2n) is 10.4. The first-order chi connectivity index (χ1) is 20.7. The Hall–Kier alpha value is -4.60. The Morgan fingerprint density at radius 1 is 1.28 bits per heavy atom. The molecule has 2 aliphatic rings. The highest BCUT2D eigenvalue weighted by Gasteiger charge is 2.30. The number of aromatic carboxylic acids is 1. The normalized spacial score (nSPS) is 18.4. The summed E-state index contributed by atoms with van der Waals surface area (Å²) in [6, 6.07) is 7.53. The molecule has 2 aliphatic heterocycles. The lowest BCUT2D eigenvalue weighted by atomic mass is 10.1. The molecule has 2 atom stereocenters. The number of pyridine rings is 1. The number of imidazole rings is 1. The highest BCUT2D eigenvalue weighted by Crippen LogP contribution is 2.30. The smallest absolute Gasteiger partial charge is 0.335 e. The van der Waals surface area contributed by atoms with Gasteiger partial charge in [0.05, 0.1) is 41.9 Å². The predicted molar refractivity (Wildman–Crippen MR) is 157 cm³/mol. The van der Waals surface area contributed by atoms with Gasteiger partial charge in [-0.2, -0.15) is 4.98 Å². The molecular weight excluding hydrogens is 558 g/mol. The van der Waals surface area contributed by atoms with Crippen molar-refractivity contribution >= 4 is 22.8 Å². The summed E-state index contributed by atoms with van der Waals surface area (Å²) >= 11 is 0. The minimum atomic E-state index is -0.992. The van der Waals surface area contributed by atoms with Crippen molar-refractivity contribution in [1.82, 2.24) is 19.4 Å². The van der Waals surface area contributed by atoms with Gasteiger partial charge in [-0.15, -0.1) is 0 Å². The van der Waals surface area contributed by atoms with Gasteiger partial charge in [0.2, 0.25) is 5.88 Å². The number of allylic oxidation sites excluding steroid dienone is 2. The molecule has 0 aliphatic carbocycles. The van der Waals surface area contributed by atoms with Gasteiger partial charge in [-0.1, -0.05) is 18.7 Å². The van der Waals surface area contributed by atoms with E-state index in [4.69, 9.17) is 21.0 Å². The number of nitrogens with zero attached hydrogens (tertiary/aromatic N) is 6. The minimum Gasteiger partial charge on any atom is -0.478 e. The van der Waals surface area contributed by atoms with Crippen LogP contribution in [0.25, 0.3) is 15.9 Å². The summed E-state index contributed by atoms with van der Waals surface area (Å²) < 4.78 is 42.0. The van der Waals surface area contributed by atoms with E-state index in [2.05, 4.69) is 32.8 Å². The van der Waals surface area contributed by atoms with Gasteiger partial charge in [0.25, 0.3) is 0 Å². The van der Waals surface area contributed by atoms with Crippen molar-refractivity contribution in [2.24, 2.45) is 0 Å². The van der Waals surface area contributed by atoms with Crippen LogP contribution in [0.1, 0.15) is 35.6 Å². The number of benzene rings is 1. The number of ether oxygens (including phenoxy) is 2. The third-order valence-corrected chi connectivity index (χ3v) is 7.72. The quantitative estimate of drug-likeness (QED) is 0.242. The van der Waals surface area contributed by atoms with Crippen LogP contribution in [0.4, 0.5) is 14.6 Å². The summed E-state index contributed by atoms with van der Waals surface area (Å²) in [5.74, 6) is -1.06. The fourth-order valence-corrected chi connectivity index (χ4v) is 5.19. The maximum absolute atomic E-state index is 14.9. The molecule has 0 bridgehead atoms. The summed E-state index contributed by atoms with van der Waals surface area (Å²) in [5, 5.41) is 9.53. The van der Waals surface area contributed by atoms with Crippen LogP contribution in [-0.2, 0) is 11.3 Å². The van der Waals surface area contributed by atoms with E-state index in [1.165, 1.54) is 30.5 Å². The molecule has 10 nitrogen and oxygen atoms in total. The maximum atomic E-state index is 14.9. The zero-order valence-corrected chi connectivity index (χ0v) is 23.7. The number of hydrogen-bond acceptors (Lipinski definition) is 7. The van der Waals surface area contributed by atoms with E-state index in [-0.39, 0.29) is 41.6 Å². The van der Waals surface area contributed by atoms with Crippen molar-refractivity contribution in [2.45, 2.75) is 32.0 Å². The molecular formula is C31H32F2N6O4. The van der Waals surface area contributed by atoms with Crippen molar-refractivity contribution < 1.29 is 28.2 Å². The maximum Gasteiger partial charge on any atom is 0.335 e. The molecule has 3 aromatic rings. The van der Waals surface area contributed by atoms with E-state index < -0.39 is 17.6 Å². The summed E-state index contributed by atoms with van der Waals surface area (Å²) in [4.78, 5) is 28.0. The number of carboxylic acids is 1. The molecule has 0 saturated carbocycles. The number of aromatic nitrogens is 3. The highest BCUT2D eigenvalue weighted by molar-refractivity contribution is 5.92. The zero-order valence-electron chi connectivity index (χ0n) is 23.7. The molecule has 0 spiro atoms. The average molecular weight is 591 g/mol. The number of carbonyl (C=O) groups is 1. The van der Waals surface area contributed by atoms with Gasteiger partial charge in [-0.25, -0.2) is 23.4 Å². The second kappa shape index (κ2) is 13.1. The molecule has 224 valence electrons. The van der Waals surface area contributed by atoms with E-state index in [0.717, 1.165) is 23.3 Å². The Balaban J connectivity index is 1.29. The van der Waals surface area contributed by atoms with E-state index in [9.17, 15) is 18.7 Å². The highest BCUT2D eigenvalue weighted by atomic mass is 19.1. The lowest BCUT2D eigenvalue weighted by Crippen LogP contribution is -2.48. The van der Waals surface area contributed by atoms with Crippen molar-refractivity contribution in [3.8, 4) is 5.88 Å². The van der Waals surface area contributed by atoms with Gasteiger partial charge >= 0.3 is 5.97 Å². The van der Waals surface area contributed by atoms with Crippen LogP contribution >= 0.6 is 0 Å². The summed E-state index contributed by atoms with van der Waals surface area (Å²) in [6.07, 6.45) is 4.96. The topological polar surface area (TPSA) is 97.3 Å². The Morgan fingerprint density at radius 2 is 2.05 bits per heavy atom. The molecule has 5 rings (SSSR count). The third kappa shape index (κ3) is 6.74. The van der Waals surface area contributed by atoms with Crippen LogP contribution in [0.2, 0.25) is 0 Å².